The Balaban J connectivity index is 0.738. The molecule has 1 N–H and O–H groups in total. The molecule has 5 aliphatic rings. The van der Waals surface area contributed by atoms with E-state index in [2.05, 4.69) is 68.6 Å². The number of carbonyl (C=O) groups is 3. The van der Waals surface area contributed by atoms with E-state index in [1.807, 2.05) is 15.9 Å². The topological polar surface area (TPSA) is 171 Å². The molecule has 10 rings (SSSR count). The molecular weight excluding hydrogens is 954 g/mol. The van der Waals surface area contributed by atoms with E-state index in [-0.39, 0.29) is 47.4 Å². The van der Waals surface area contributed by atoms with Gasteiger partial charge in [0.2, 0.25) is 17.8 Å². The van der Waals surface area contributed by atoms with E-state index in [1.165, 1.54) is 0 Å². The van der Waals surface area contributed by atoms with Crippen molar-refractivity contribution < 1.29 is 27.9 Å². The number of rotatable bonds is 11. The number of nitriles is 1. The third-order valence-electron chi connectivity index (χ3n) is 16.2. The Hall–Kier alpha value is -6.61. The van der Waals surface area contributed by atoms with Crippen LogP contribution in [0.5, 0.6) is 5.75 Å². The van der Waals surface area contributed by atoms with Crippen LogP contribution in [-0.2, 0) is 36.0 Å². The summed E-state index contributed by atoms with van der Waals surface area (Å²) in [6, 6.07) is 10.5. The van der Waals surface area contributed by atoms with Crippen molar-refractivity contribution in [3.63, 3.8) is 0 Å². The predicted molar refractivity (Wildman–Crippen MR) is 272 cm³/mol. The van der Waals surface area contributed by atoms with Crippen LogP contribution in [0.2, 0.25) is 5.02 Å². The van der Waals surface area contributed by atoms with Crippen molar-refractivity contribution in [2.24, 2.45) is 23.8 Å². The second-order valence-corrected chi connectivity index (χ2v) is 22.1. The van der Waals surface area contributed by atoms with Crippen LogP contribution in [0.1, 0.15) is 124 Å². The van der Waals surface area contributed by atoms with E-state index in [1.54, 1.807) is 67.7 Å². The van der Waals surface area contributed by atoms with Gasteiger partial charge in [-0.2, -0.15) is 15.5 Å². The number of aryl methyl sites for hydroxylation is 2. The molecule has 0 radical (unpaired) electrons. The number of ether oxygens (including phenoxy) is 1. The van der Waals surface area contributed by atoms with E-state index < -0.39 is 17.3 Å². The molecule has 3 aromatic heterocycles. The van der Waals surface area contributed by atoms with Crippen LogP contribution in [-0.4, -0.2) is 108 Å². The first-order valence-electron chi connectivity index (χ1n) is 25.5. The van der Waals surface area contributed by atoms with Gasteiger partial charge in [-0.25, -0.2) is 18.7 Å². The van der Waals surface area contributed by atoms with E-state index >= 15 is 0 Å². The summed E-state index contributed by atoms with van der Waals surface area (Å²) in [4.78, 5) is 57.3. The first-order chi connectivity index (χ1) is 34.9. The molecule has 19 heteroatoms. The summed E-state index contributed by atoms with van der Waals surface area (Å²) in [6.07, 6.45) is 9.40. The van der Waals surface area contributed by atoms with E-state index in [4.69, 9.17) is 21.4 Å². The highest BCUT2D eigenvalue weighted by molar-refractivity contribution is 6.31. The molecule has 4 aliphatic heterocycles. The van der Waals surface area contributed by atoms with Crippen molar-refractivity contribution in [1.29, 1.82) is 5.26 Å². The van der Waals surface area contributed by atoms with Crippen LogP contribution in [0.25, 0.3) is 11.1 Å². The van der Waals surface area contributed by atoms with Crippen molar-refractivity contribution in [3.05, 3.63) is 93.7 Å². The van der Waals surface area contributed by atoms with Gasteiger partial charge >= 0.3 is 0 Å². The summed E-state index contributed by atoms with van der Waals surface area (Å²) in [5.41, 5.74) is 4.76. The smallest absolute Gasteiger partial charge is 0.264 e. The van der Waals surface area contributed by atoms with Gasteiger partial charge in [-0.05, 0) is 79.8 Å². The Morgan fingerprint density at radius 1 is 0.932 bits per heavy atom. The Bertz CT molecular complexity index is 2950. The summed E-state index contributed by atoms with van der Waals surface area (Å²) in [5.74, 6) is 1.95. The van der Waals surface area contributed by atoms with Crippen molar-refractivity contribution >= 4 is 46.8 Å². The number of nitrogens with zero attached hydrogens (tertiary/aromatic N) is 11. The Kier molecular flexibility index (Phi) is 13.5. The number of hydrogen-bond acceptors (Lipinski definition) is 11. The maximum absolute atomic E-state index is 14.8. The third-order valence-corrected chi connectivity index (χ3v) is 16.6. The average Bonchev–Trinajstić information content (AvgIpc) is 4.00. The summed E-state index contributed by atoms with van der Waals surface area (Å²) < 4.78 is 39.7. The van der Waals surface area contributed by atoms with Crippen LogP contribution in [0.15, 0.2) is 55.1 Å². The Labute approximate surface area is 429 Å². The Morgan fingerprint density at radius 2 is 1.66 bits per heavy atom. The van der Waals surface area contributed by atoms with Crippen LogP contribution in [0.4, 0.5) is 26.2 Å². The van der Waals surface area contributed by atoms with Gasteiger partial charge in [0.15, 0.2) is 5.82 Å². The number of amides is 3. The highest BCUT2D eigenvalue weighted by atomic mass is 35.5. The number of carbonyl (C=O) groups excluding carboxylic acids is 3. The fourth-order valence-corrected chi connectivity index (χ4v) is 12.8. The molecule has 0 atom stereocenters. The largest absolute Gasteiger partial charge is 0.489 e. The molecule has 5 aromatic rings. The van der Waals surface area contributed by atoms with Crippen molar-refractivity contribution in [3.8, 4) is 22.9 Å². The summed E-state index contributed by atoms with van der Waals surface area (Å²) in [6.45, 7) is 14.0. The lowest BCUT2D eigenvalue weighted by molar-refractivity contribution is -0.164. The zero-order valence-electron chi connectivity index (χ0n) is 42.4. The zero-order chi connectivity index (χ0) is 51.5. The summed E-state index contributed by atoms with van der Waals surface area (Å²) in [5, 5.41) is 22.3. The number of piperidine rings is 2. The number of fused-ring (bicyclic) bond motifs is 2. The SMILES string of the molecule is CC(=O)N1CCc2c(c(N3CCCc4cc(-c5cnn(C)c5)c(C(F)F)cc43)nn2C2CCN(C(=O)CC3CCN(c4ncc(C(=O)NC5C(C)(C)C(Oc6ccc(C#N)c(Cl)c6)C5(C)C)cn4)CC3)CC2)C1. The molecule has 0 spiro atoms. The fourth-order valence-electron chi connectivity index (χ4n) is 12.6. The highest BCUT2D eigenvalue weighted by Crippen LogP contribution is 2.56. The molecule has 73 heavy (non-hydrogen) atoms. The molecule has 7 heterocycles. The minimum absolute atomic E-state index is 0.0136. The van der Waals surface area contributed by atoms with Gasteiger partial charge in [0, 0.05) is 136 Å². The molecule has 3 amide bonds. The van der Waals surface area contributed by atoms with E-state index in [0.717, 1.165) is 66.9 Å². The van der Waals surface area contributed by atoms with E-state index in [0.29, 0.717) is 97.6 Å². The maximum Gasteiger partial charge on any atom is 0.264 e. The molecule has 16 nitrogen and oxygen atoms in total. The standard InChI is InChI=1S/C54H63ClF2N12O4/c1-32(70)67-21-15-44-42(31-67)48(68-16-7-8-34-23-40(37-29-61-64(6)30-37)41(47(56)57)25-45(34)68)63-69(44)38-13-19-65(20-14-38)46(71)22-33-11-17-66(18-12-33)52-59-27-36(28-60-52)49(72)62-50-53(2,3)51(54(50,4)5)73-39-10-9-35(26-58)43(55)24-39/h9-10,23-25,27-30,33,38,47,50-51H,7-8,11-22,31H2,1-6H3,(H,62,72). The van der Waals surface area contributed by atoms with Crippen LogP contribution in [0.3, 0.4) is 0 Å². The number of halogens is 3. The number of aromatic nitrogens is 6. The van der Waals surface area contributed by atoms with E-state index in [9.17, 15) is 28.4 Å². The van der Waals surface area contributed by atoms with Gasteiger partial charge in [0.05, 0.1) is 34.9 Å². The molecule has 3 fully saturated rings. The summed E-state index contributed by atoms with van der Waals surface area (Å²) in [7, 11) is 1.77. The zero-order valence-corrected chi connectivity index (χ0v) is 43.1. The lowest BCUT2D eigenvalue weighted by Crippen LogP contribution is -2.74. The fraction of sp³-hybridized carbons (Fsp3) is 0.519. The number of benzene rings is 2. The first-order valence-corrected chi connectivity index (χ1v) is 25.9. The lowest BCUT2D eigenvalue weighted by atomic mass is 9.49. The number of alkyl halides is 2. The van der Waals surface area contributed by atoms with Crippen molar-refractivity contribution in [2.45, 2.75) is 117 Å². The molecular formula is C54H63ClF2N12O4. The average molecular weight is 1020 g/mol. The Morgan fingerprint density at radius 3 is 2.30 bits per heavy atom. The third kappa shape index (κ3) is 9.49. The quantitative estimate of drug-likeness (QED) is 0.134. The van der Waals surface area contributed by atoms with Crippen LogP contribution in [0, 0.1) is 28.1 Å². The summed E-state index contributed by atoms with van der Waals surface area (Å²) >= 11 is 6.27. The van der Waals surface area contributed by atoms with Gasteiger partial charge in [-0.3, -0.25) is 23.7 Å². The van der Waals surface area contributed by atoms with Gasteiger partial charge < -0.3 is 29.7 Å². The number of anilines is 3. The molecule has 384 valence electrons. The number of hydrogen-bond donors (Lipinski definition) is 1. The minimum Gasteiger partial charge on any atom is -0.489 e. The molecule has 2 aromatic carbocycles. The lowest BCUT2D eigenvalue weighted by Gasteiger charge is -2.63. The van der Waals surface area contributed by atoms with Gasteiger partial charge in [-0.15, -0.1) is 0 Å². The second kappa shape index (κ2) is 19.7. The maximum atomic E-state index is 14.8. The molecule has 1 aliphatic carbocycles. The molecule has 0 bridgehead atoms. The normalized spacial score (nSPS) is 20.8. The molecule has 0 unspecified atom stereocenters. The van der Waals surface area contributed by atoms with Crippen molar-refractivity contribution in [1.82, 2.24) is 44.6 Å². The molecule has 1 saturated carbocycles. The van der Waals surface area contributed by atoms with Crippen LogP contribution < -0.4 is 19.9 Å². The highest BCUT2D eigenvalue weighted by Gasteiger charge is 2.64. The number of nitrogens with one attached hydrogen (secondary N) is 1. The minimum atomic E-state index is -2.69. The van der Waals surface area contributed by atoms with Gasteiger partial charge in [-0.1, -0.05) is 39.3 Å². The first kappa shape index (κ1) is 49.9. The number of likely N-dealkylation sites (tertiary alicyclic amines) is 1. The molecule has 2 saturated heterocycles. The predicted octanol–water partition coefficient (Wildman–Crippen LogP) is 8.61. The van der Waals surface area contributed by atoms with Crippen molar-refractivity contribution in [2.75, 3.05) is 49.1 Å². The second-order valence-electron chi connectivity index (χ2n) is 21.7. The monoisotopic (exact) mass is 1020 g/mol. The van der Waals surface area contributed by atoms with Crippen LogP contribution >= 0.6 is 11.6 Å². The van der Waals surface area contributed by atoms with Gasteiger partial charge in [0.1, 0.15) is 17.9 Å². The van der Waals surface area contributed by atoms with Gasteiger partial charge in [0.25, 0.3) is 12.3 Å².